The van der Waals surface area contributed by atoms with Gasteiger partial charge in [-0.2, -0.15) is 4.31 Å². The van der Waals surface area contributed by atoms with Crippen LogP contribution in [-0.2, 0) is 25.3 Å². The fourth-order valence-electron chi connectivity index (χ4n) is 3.95. The molecule has 0 radical (unpaired) electrons. The first-order chi connectivity index (χ1) is 14.9. The summed E-state index contributed by atoms with van der Waals surface area (Å²) in [6.45, 7) is 6.36. The van der Waals surface area contributed by atoms with E-state index >= 15 is 0 Å². The second kappa shape index (κ2) is 7.93. The van der Waals surface area contributed by atoms with Crippen LogP contribution < -0.4 is 0 Å². The third-order valence-electron chi connectivity index (χ3n) is 6.07. The Balaban J connectivity index is 1.63. The Morgan fingerprint density at radius 1 is 1.09 bits per heavy atom. The normalized spacial score (nSPS) is 17.8. The van der Waals surface area contributed by atoms with Gasteiger partial charge in [-0.1, -0.05) is 20.8 Å². The Morgan fingerprint density at radius 3 is 2.38 bits per heavy atom. The molecule has 1 aliphatic heterocycles. The zero-order chi connectivity index (χ0) is 23.3. The van der Waals surface area contributed by atoms with Gasteiger partial charge in [-0.25, -0.2) is 21.8 Å². The number of nitrogens with one attached hydrogen (secondary N) is 1. The molecule has 3 aromatic heterocycles. The minimum atomic E-state index is -3.78. The van der Waals surface area contributed by atoms with Crippen LogP contribution in [0.1, 0.15) is 39.3 Å². The van der Waals surface area contributed by atoms with Gasteiger partial charge in [0.05, 0.1) is 17.2 Å². The molecule has 0 aromatic carbocycles. The minimum absolute atomic E-state index is 0.0139. The molecule has 0 amide bonds. The highest BCUT2D eigenvalue weighted by atomic mass is 32.2. The molecule has 0 aliphatic carbocycles. The van der Waals surface area contributed by atoms with Crippen molar-refractivity contribution < 1.29 is 16.8 Å². The molecule has 4 rings (SSSR count). The molecule has 4 heterocycles. The molecular weight excluding hydrogens is 448 g/mol. The van der Waals surface area contributed by atoms with E-state index in [2.05, 4.69) is 41.8 Å². The van der Waals surface area contributed by atoms with E-state index in [1.54, 1.807) is 18.3 Å². The Morgan fingerprint density at radius 2 is 1.78 bits per heavy atom. The molecule has 1 fully saturated rings. The molecule has 0 spiro atoms. The van der Waals surface area contributed by atoms with Gasteiger partial charge in [-0.3, -0.25) is 4.98 Å². The SMILES string of the molecule is CN(C1CCS(=O)(=O)CC1)S(=O)(=O)c1ccc(-c2ccnc3[nH]c(C(C)(C)C)cc23)nc1. The Bertz CT molecular complexity index is 1340. The highest BCUT2D eigenvalue weighted by molar-refractivity contribution is 7.91. The number of nitrogens with zero attached hydrogens (tertiary/aromatic N) is 3. The standard InChI is InChI=1S/C22H28N4O4S2/c1-22(2,3)20-13-18-17(7-10-23-21(18)25-20)19-6-5-16(14-24-19)32(29,30)26(4)15-8-11-31(27,28)12-9-15/h5-7,10,13-15H,8-9,11-12H2,1-4H3,(H,23,25). The molecule has 0 bridgehead atoms. The lowest BCUT2D eigenvalue weighted by Gasteiger charge is -2.30. The van der Waals surface area contributed by atoms with Crippen LogP contribution in [0.2, 0.25) is 0 Å². The zero-order valence-electron chi connectivity index (χ0n) is 18.7. The Hall–Kier alpha value is -2.30. The molecule has 1 N–H and O–H groups in total. The average molecular weight is 477 g/mol. The first kappa shape index (κ1) is 22.9. The molecule has 0 saturated carbocycles. The number of hydrogen-bond acceptors (Lipinski definition) is 6. The summed E-state index contributed by atoms with van der Waals surface area (Å²) in [6, 6.07) is 6.85. The van der Waals surface area contributed by atoms with Gasteiger partial charge < -0.3 is 4.98 Å². The second-order valence-corrected chi connectivity index (χ2v) is 13.6. The van der Waals surface area contributed by atoms with Gasteiger partial charge in [-0.15, -0.1) is 0 Å². The molecule has 10 heteroatoms. The highest BCUT2D eigenvalue weighted by Gasteiger charge is 2.33. The smallest absolute Gasteiger partial charge is 0.244 e. The van der Waals surface area contributed by atoms with Gasteiger partial charge in [0.1, 0.15) is 20.4 Å². The number of rotatable bonds is 4. The van der Waals surface area contributed by atoms with Crippen molar-refractivity contribution in [3.05, 3.63) is 42.4 Å². The van der Waals surface area contributed by atoms with E-state index in [4.69, 9.17) is 0 Å². The van der Waals surface area contributed by atoms with Crippen LogP contribution in [0.15, 0.2) is 41.6 Å². The number of fused-ring (bicyclic) bond motifs is 1. The van der Waals surface area contributed by atoms with Crippen LogP contribution >= 0.6 is 0 Å². The van der Waals surface area contributed by atoms with E-state index in [1.165, 1.54) is 17.5 Å². The molecule has 3 aromatic rings. The van der Waals surface area contributed by atoms with Crippen LogP contribution in [0.4, 0.5) is 0 Å². The predicted octanol–water partition coefficient (Wildman–Crippen LogP) is 3.12. The molecular formula is C22H28N4O4S2. The van der Waals surface area contributed by atoms with Crippen LogP contribution in [0.3, 0.4) is 0 Å². The third kappa shape index (κ3) is 4.31. The first-order valence-corrected chi connectivity index (χ1v) is 13.8. The van der Waals surface area contributed by atoms with Crippen molar-refractivity contribution in [3.63, 3.8) is 0 Å². The summed E-state index contributed by atoms with van der Waals surface area (Å²) < 4.78 is 50.8. The largest absolute Gasteiger partial charge is 0.343 e. The predicted molar refractivity (Wildman–Crippen MR) is 125 cm³/mol. The van der Waals surface area contributed by atoms with Crippen molar-refractivity contribution in [1.29, 1.82) is 0 Å². The van der Waals surface area contributed by atoms with E-state index in [0.717, 1.165) is 22.3 Å². The maximum Gasteiger partial charge on any atom is 0.244 e. The lowest BCUT2D eigenvalue weighted by Crippen LogP contribution is -2.42. The molecule has 0 unspecified atom stereocenters. The second-order valence-electron chi connectivity index (χ2n) is 9.34. The van der Waals surface area contributed by atoms with Crippen molar-refractivity contribution in [1.82, 2.24) is 19.3 Å². The summed E-state index contributed by atoms with van der Waals surface area (Å²) in [7, 11) is -5.33. The number of aromatic amines is 1. The Labute approximate surface area is 189 Å². The summed E-state index contributed by atoms with van der Waals surface area (Å²) >= 11 is 0. The van der Waals surface area contributed by atoms with Crippen LogP contribution in [0.25, 0.3) is 22.3 Å². The number of hydrogen-bond donors (Lipinski definition) is 1. The topological polar surface area (TPSA) is 113 Å². The molecule has 172 valence electrons. The number of pyridine rings is 2. The van der Waals surface area contributed by atoms with E-state index < -0.39 is 19.9 Å². The van der Waals surface area contributed by atoms with Gasteiger partial charge in [0.25, 0.3) is 0 Å². The summed E-state index contributed by atoms with van der Waals surface area (Å²) in [4.78, 5) is 12.3. The van der Waals surface area contributed by atoms with Gasteiger partial charge in [0.2, 0.25) is 10.0 Å². The van der Waals surface area contributed by atoms with E-state index in [-0.39, 0.29) is 27.9 Å². The van der Waals surface area contributed by atoms with Crippen molar-refractivity contribution in [2.24, 2.45) is 0 Å². The van der Waals surface area contributed by atoms with Crippen molar-refractivity contribution >= 4 is 30.9 Å². The summed E-state index contributed by atoms with van der Waals surface area (Å²) in [6.07, 6.45) is 3.69. The van der Waals surface area contributed by atoms with Crippen molar-refractivity contribution in [2.45, 2.75) is 50.0 Å². The van der Waals surface area contributed by atoms with Crippen LogP contribution in [0, 0.1) is 0 Å². The van der Waals surface area contributed by atoms with Crippen molar-refractivity contribution in [3.8, 4) is 11.3 Å². The molecule has 1 saturated heterocycles. The van der Waals surface area contributed by atoms with E-state index in [9.17, 15) is 16.8 Å². The zero-order valence-corrected chi connectivity index (χ0v) is 20.3. The highest BCUT2D eigenvalue weighted by Crippen LogP contribution is 2.31. The molecule has 8 nitrogen and oxygen atoms in total. The Kier molecular flexibility index (Phi) is 5.67. The molecule has 0 atom stereocenters. The third-order valence-corrected chi connectivity index (χ3v) is 9.68. The minimum Gasteiger partial charge on any atom is -0.343 e. The summed E-state index contributed by atoms with van der Waals surface area (Å²) in [5.74, 6) is 0.0277. The summed E-state index contributed by atoms with van der Waals surface area (Å²) in [5, 5.41) is 0.932. The first-order valence-electron chi connectivity index (χ1n) is 10.5. The fourth-order valence-corrected chi connectivity index (χ4v) is 6.78. The number of sulfonamides is 1. The fraction of sp³-hybridized carbons (Fsp3) is 0.455. The van der Waals surface area contributed by atoms with Crippen molar-refractivity contribution in [2.75, 3.05) is 18.6 Å². The molecule has 32 heavy (non-hydrogen) atoms. The number of H-pyrrole nitrogens is 1. The maximum absolute atomic E-state index is 13.1. The van der Waals surface area contributed by atoms with Gasteiger partial charge >= 0.3 is 0 Å². The summed E-state index contributed by atoms with van der Waals surface area (Å²) in [5.41, 5.74) is 3.28. The lowest BCUT2D eigenvalue weighted by molar-refractivity contribution is 0.342. The van der Waals surface area contributed by atoms with E-state index in [1.807, 2.05) is 6.07 Å². The average Bonchev–Trinajstić information content (AvgIpc) is 3.18. The lowest BCUT2D eigenvalue weighted by atomic mass is 9.92. The molecule has 1 aliphatic rings. The monoisotopic (exact) mass is 476 g/mol. The number of aromatic nitrogens is 3. The maximum atomic E-state index is 13.1. The van der Waals surface area contributed by atoms with Gasteiger partial charge in [0.15, 0.2) is 0 Å². The van der Waals surface area contributed by atoms with Gasteiger partial charge in [0, 0.05) is 47.5 Å². The van der Waals surface area contributed by atoms with Gasteiger partial charge in [-0.05, 0) is 37.1 Å². The van der Waals surface area contributed by atoms with Crippen LogP contribution in [0.5, 0.6) is 0 Å². The quantitative estimate of drug-likeness (QED) is 0.619. The van der Waals surface area contributed by atoms with E-state index in [0.29, 0.717) is 18.5 Å². The number of sulfone groups is 1. The van der Waals surface area contributed by atoms with Crippen LogP contribution in [-0.4, -0.2) is 60.7 Å².